The molecule has 1 amide bonds. The lowest BCUT2D eigenvalue weighted by atomic mass is 9.96. The molecule has 0 radical (unpaired) electrons. The minimum atomic E-state index is -0.266. The van der Waals surface area contributed by atoms with Crippen LogP contribution in [0, 0.1) is 0 Å². The van der Waals surface area contributed by atoms with E-state index in [1.807, 2.05) is 55.5 Å². The molecule has 0 saturated carbocycles. The second-order valence-electron chi connectivity index (χ2n) is 6.23. The van der Waals surface area contributed by atoms with Gasteiger partial charge in [-0.25, -0.2) is 0 Å². The van der Waals surface area contributed by atoms with Crippen LogP contribution >= 0.6 is 0 Å². The molecule has 0 fully saturated rings. The molecular weight excluding hydrogens is 342 g/mol. The van der Waals surface area contributed by atoms with Crippen LogP contribution in [0.5, 0.6) is 5.75 Å². The Kier molecular flexibility index (Phi) is 4.42. The zero-order chi connectivity index (χ0) is 18.8. The van der Waals surface area contributed by atoms with Gasteiger partial charge < -0.3 is 9.72 Å². The number of anilines is 1. The quantitative estimate of drug-likeness (QED) is 0.566. The van der Waals surface area contributed by atoms with Crippen LogP contribution in [-0.4, -0.2) is 33.2 Å². The molecule has 1 atom stereocenters. The molecule has 2 aromatic heterocycles. The molecule has 27 heavy (non-hydrogen) atoms. The van der Waals surface area contributed by atoms with Crippen LogP contribution in [-0.2, 0) is 4.79 Å². The van der Waals surface area contributed by atoms with Gasteiger partial charge in [-0.2, -0.15) is 4.98 Å². The number of nitrogens with zero attached hydrogens (tertiary/aromatic N) is 3. The number of methoxy groups -OCH3 is 1. The summed E-state index contributed by atoms with van der Waals surface area (Å²) in [5, 5.41) is 12.0. The van der Waals surface area contributed by atoms with Crippen molar-refractivity contribution in [3.8, 4) is 5.75 Å². The maximum atomic E-state index is 12.7. The monoisotopic (exact) mass is 361 g/mol. The van der Waals surface area contributed by atoms with Crippen LogP contribution in [0.3, 0.4) is 0 Å². The van der Waals surface area contributed by atoms with E-state index in [1.165, 1.54) is 0 Å². The Hall–Kier alpha value is -3.48. The first-order chi connectivity index (χ1) is 13.2. The number of fused-ring (bicyclic) bond motifs is 3. The summed E-state index contributed by atoms with van der Waals surface area (Å²) in [7, 11) is 1.62. The SMILES string of the molecule is CCC(C(=O)Nc1nnc2c(n1)[nH]c1ccc(OC)cc12)c1ccccc1. The summed E-state index contributed by atoms with van der Waals surface area (Å²) < 4.78 is 5.26. The van der Waals surface area contributed by atoms with Crippen molar-refractivity contribution in [3.05, 3.63) is 54.1 Å². The zero-order valence-corrected chi connectivity index (χ0v) is 15.1. The standard InChI is InChI=1S/C20H19N5O2/c1-3-14(12-7-5-4-6-8-12)19(26)23-20-22-18-17(24-25-20)15-11-13(27-2)9-10-16(15)21-18/h4-11,14H,3H2,1-2H3,(H2,21,22,23,25,26). The number of hydrogen-bond donors (Lipinski definition) is 2. The summed E-state index contributed by atoms with van der Waals surface area (Å²) in [6.07, 6.45) is 0.678. The van der Waals surface area contributed by atoms with Gasteiger partial charge in [0.05, 0.1) is 13.0 Å². The lowest BCUT2D eigenvalue weighted by Gasteiger charge is -2.14. The molecule has 2 aromatic carbocycles. The van der Waals surface area contributed by atoms with E-state index in [0.717, 1.165) is 22.2 Å². The molecule has 0 aliphatic rings. The predicted octanol–water partition coefficient (Wildman–Crippen LogP) is 3.65. The number of ether oxygens (including phenoxy) is 1. The van der Waals surface area contributed by atoms with Gasteiger partial charge in [-0.3, -0.25) is 10.1 Å². The van der Waals surface area contributed by atoms with Gasteiger partial charge in [-0.1, -0.05) is 37.3 Å². The first-order valence-electron chi connectivity index (χ1n) is 8.75. The van der Waals surface area contributed by atoms with Crippen molar-refractivity contribution in [2.24, 2.45) is 0 Å². The van der Waals surface area contributed by atoms with Crippen LogP contribution in [0.1, 0.15) is 24.8 Å². The smallest absolute Gasteiger partial charge is 0.251 e. The molecule has 0 bridgehead atoms. The number of aromatic nitrogens is 4. The van der Waals surface area contributed by atoms with E-state index in [9.17, 15) is 4.79 Å². The van der Waals surface area contributed by atoms with Crippen molar-refractivity contribution in [2.45, 2.75) is 19.3 Å². The van der Waals surface area contributed by atoms with E-state index >= 15 is 0 Å². The van der Waals surface area contributed by atoms with Crippen molar-refractivity contribution in [2.75, 3.05) is 12.4 Å². The summed E-state index contributed by atoms with van der Waals surface area (Å²) >= 11 is 0. The highest BCUT2D eigenvalue weighted by Gasteiger charge is 2.20. The average molecular weight is 361 g/mol. The first-order valence-corrected chi connectivity index (χ1v) is 8.75. The van der Waals surface area contributed by atoms with Gasteiger partial charge in [-0.15, -0.1) is 10.2 Å². The molecule has 0 aliphatic carbocycles. The van der Waals surface area contributed by atoms with Gasteiger partial charge in [-0.05, 0) is 30.2 Å². The summed E-state index contributed by atoms with van der Waals surface area (Å²) in [6, 6.07) is 15.3. The summed E-state index contributed by atoms with van der Waals surface area (Å²) in [4.78, 5) is 20.3. The van der Waals surface area contributed by atoms with E-state index in [1.54, 1.807) is 7.11 Å². The molecule has 4 rings (SSSR count). The van der Waals surface area contributed by atoms with Gasteiger partial charge in [0.25, 0.3) is 5.95 Å². The van der Waals surface area contributed by atoms with Gasteiger partial charge in [0.1, 0.15) is 11.3 Å². The Bertz CT molecular complexity index is 1110. The largest absolute Gasteiger partial charge is 0.497 e. The Balaban J connectivity index is 1.64. The summed E-state index contributed by atoms with van der Waals surface area (Å²) in [5.41, 5.74) is 3.05. The van der Waals surface area contributed by atoms with E-state index in [2.05, 4.69) is 25.5 Å². The summed E-state index contributed by atoms with van der Waals surface area (Å²) in [6.45, 7) is 1.98. The third kappa shape index (κ3) is 3.19. The molecule has 136 valence electrons. The number of aromatic amines is 1. The normalized spacial score (nSPS) is 12.2. The minimum Gasteiger partial charge on any atom is -0.497 e. The highest BCUT2D eigenvalue weighted by molar-refractivity contribution is 6.04. The van der Waals surface area contributed by atoms with Gasteiger partial charge in [0.2, 0.25) is 5.91 Å². The Morgan fingerprint density at radius 3 is 2.74 bits per heavy atom. The molecule has 2 heterocycles. The van der Waals surface area contributed by atoms with E-state index in [0.29, 0.717) is 17.6 Å². The number of H-pyrrole nitrogens is 1. The number of rotatable bonds is 5. The number of hydrogen-bond acceptors (Lipinski definition) is 5. The molecule has 2 N–H and O–H groups in total. The van der Waals surface area contributed by atoms with Crippen LogP contribution in [0.2, 0.25) is 0 Å². The molecule has 7 nitrogen and oxygen atoms in total. The minimum absolute atomic E-state index is 0.150. The highest BCUT2D eigenvalue weighted by atomic mass is 16.5. The first kappa shape index (κ1) is 17.0. The Morgan fingerprint density at radius 1 is 1.19 bits per heavy atom. The lowest BCUT2D eigenvalue weighted by molar-refractivity contribution is -0.117. The highest BCUT2D eigenvalue weighted by Crippen LogP contribution is 2.27. The number of carbonyl (C=O) groups excluding carboxylic acids is 1. The van der Waals surface area contributed by atoms with E-state index in [4.69, 9.17) is 4.74 Å². The summed E-state index contributed by atoms with van der Waals surface area (Å²) in [5.74, 6) is 0.497. The molecule has 0 aliphatic heterocycles. The van der Waals surface area contributed by atoms with E-state index < -0.39 is 0 Å². The molecule has 4 aromatic rings. The number of nitrogens with one attached hydrogen (secondary N) is 2. The van der Waals surface area contributed by atoms with Crippen LogP contribution in [0.25, 0.3) is 22.1 Å². The van der Waals surface area contributed by atoms with E-state index in [-0.39, 0.29) is 17.8 Å². The van der Waals surface area contributed by atoms with Crippen molar-refractivity contribution >= 4 is 33.9 Å². The van der Waals surface area contributed by atoms with Crippen molar-refractivity contribution in [1.82, 2.24) is 20.2 Å². The topological polar surface area (TPSA) is 92.8 Å². The average Bonchev–Trinajstić information content (AvgIpc) is 3.06. The molecule has 1 unspecified atom stereocenters. The molecule has 0 spiro atoms. The number of carbonyl (C=O) groups is 1. The third-order valence-electron chi connectivity index (χ3n) is 4.58. The van der Waals surface area contributed by atoms with Crippen molar-refractivity contribution in [3.63, 3.8) is 0 Å². The van der Waals surface area contributed by atoms with Gasteiger partial charge in [0, 0.05) is 10.9 Å². The fraction of sp³-hybridized carbons (Fsp3) is 0.200. The molecular formula is C20H19N5O2. The van der Waals surface area contributed by atoms with Gasteiger partial charge in [0.15, 0.2) is 5.65 Å². The fourth-order valence-electron chi connectivity index (χ4n) is 3.19. The molecule has 0 saturated heterocycles. The van der Waals surface area contributed by atoms with Crippen LogP contribution in [0.15, 0.2) is 48.5 Å². The second-order valence-corrected chi connectivity index (χ2v) is 6.23. The number of amides is 1. The molecule has 7 heteroatoms. The van der Waals surface area contributed by atoms with Gasteiger partial charge >= 0.3 is 0 Å². The maximum absolute atomic E-state index is 12.7. The third-order valence-corrected chi connectivity index (χ3v) is 4.58. The number of benzene rings is 2. The lowest BCUT2D eigenvalue weighted by Crippen LogP contribution is -2.22. The maximum Gasteiger partial charge on any atom is 0.251 e. The van der Waals surface area contributed by atoms with Crippen LogP contribution < -0.4 is 10.1 Å². The fourth-order valence-corrected chi connectivity index (χ4v) is 3.19. The van der Waals surface area contributed by atoms with Crippen molar-refractivity contribution in [1.29, 1.82) is 0 Å². The van der Waals surface area contributed by atoms with Crippen molar-refractivity contribution < 1.29 is 9.53 Å². The Labute approximate surface area is 155 Å². The Morgan fingerprint density at radius 2 is 2.00 bits per heavy atom. The van der Waals surface area contributed by atoms with Crippen LogP contribution in [0.4, 0.5) is 5.95 Å². The predicted molar refractivity (Wildman–Crippen MR) is 104 cm³/mol. The zero-order valence-electron chi connectivity index (χ0n) is 15.1. The second kappa shape index (κ2) is 7.03.